The van der Waals surface area contributed by atoms with Crippen LogP contribution in [0.25, 0.3) is 0 Å². The monoisotopic (exact) mass is 209 g/mol. The van der Waals surface area contributed by atoms with E-state index in [0.717, 1.165) is 32.5 Å². The van der Waals surface area contributed by atoms with E-state index in [0.29, 0.717) is 18.0 Å². The lowest BCUT2D eigenvalue weighted by molar-refractivity contribution is -0.162. The van der Waals surface area contributed by atoms with Gasteiger partial charge in [0, 0.05) is 31.6 Å². The molecule has 1 saturated carbocycles. The van der Waals surface area contributed by atoms with Crippen LogP contribution in [0.5, 0.6) is 0 Å². The third-order valence-corrected chi connectivity index (χ3v) is 3.66. The number of rotatable bonds is 2. The molecule has 3 rings (SSSR count). The van der Waals surface area contributed by atoms with Crippen LogP contribution in [-0.2, 0) is 4.79 Å². The van der Waals surface area contributed by atoms with Crippen molar-refractivity contribution in [2.75, 3.05) is 19.6 Å². The van der Waals surface area contributed by atoms with Crippen molar-refractivity contribution in [3.05, 3.63) is 0 Å². The minimum atomic E-state index is 0.357. The van der Waals surface area contributed by atoms with Crippen LogP contribution in [0.4, 0.5) is 0 Å². The molecule has 84 valence electrons. The van der Waals surface area contributed by atoms with E-state index >= 15 is 0 Å². The van der Waals surface area contributed by atoms with Gasteiger partial charge in [-0.05, 0) is 32.2 Å². The van der Waals surface area contributed by atoms with Gasteiger partial charge in [-0.2, -0.15) is 0 Å². The number of hydrogen-bond donors (Lipinski definition) is 1. The molecule has 0 aromatic carbocycles. The smallest absolute Gasteiger partial charge is 0.237 e. The molecular weight excluding hydrogens is 190 g/mol. The molecule has 0 aromatic rings. The van der Waals surface area contributed by atoms with Gasteiger partial charge >= 0.3 is 0 Å². The Kier molecular flexibility index (Phi) is 2.41. The van der Waals surface area contributed by atoms with Gasteiger partial charge in [-0.25, -0.2) is 5.01 Å². The topological polar surface area (TPSA) is 35.6 Å². The molecule has 1 amide bonds. The zero-order chi connectivity index (χ0) is 10.3. The maximum absolute atomic E-state index is 11.9. The van der Waals surface area contributed by atoms with Gasteiger partial charge in [0.15, 0.2) is 0 Å². The Balaban J connectivity index is 1.74. The first kappa shape index (κ1) is 9.60. The van der Waals surface area contributed by atoms with Gasteiger partial charge in [0.05, 0.1) is 0 Å². The maximum atomic E-state index is 11.9. The first-order valence-electron chi connectivity index (χ1n) is 6.15. The van der Waals surface area contributed by atoms with Gasteiger partial charge < -0.3 is 5.32 Å². The van der Waals surface area contributed by atoms with Crippen LogP contribution in [0.1, 0.15) is 32.1 Å². The summed E-state index contributed by atoms with van der Waals surface area (Å²) in [6, 6.07) is 1.10. The van der Waals surface area contributed by atoms with E-state index in [2.05, 4.69) is 15.3 Å². The van der Waals surface area contributed by atoms with E-state index in [1.165, 1.54) is 19.3 Å². The molecule has 0 spiro atoms. The Hall–Kier alpha value is -0.610. The van der Waals surface area contributed by atoms with Gasteiger partial charge in [0.2, 0.25) is 5.91 Å². The molecule has 0 aromatic heterocycles. The quantitative estimate of drug-likeness (QED) is 0.713. The van der Waals surface area contributed by atoms with Crippen LogP contribution in [0.2, 0.25) is 0 Å². The predicted molar refractivity (Wildman–Crippen MR) is 57.1 cm³/mol. The molecule has 1 N–H and O–H groups in total. The molecule has 1 unspecified atom stereocenters. The second-order valence-electron chi connectivity index (χ2n) is 4.88. The summed E-state index contributed by atoms with van der Waals surface area (Å²) >= 11 is 0. The van der Waals surface area contributed by atoms with Gasteiger partial charge in [0.1, 0.15) is 0 Å². The molecule has 1 atom stereocenters. The third kappa shape index (κ3) is 1.76. The minimum absolute atomic E-state index is 0.357. The summed E-state index contributed by atoms with van der Waals surface area (Å²) in [7, 11) is 0. The fourth-order valence-corrected chi connectivity index (χ4v) is 2.74. The average Bonchev–Trinajstić information content (AvgIpc) is 2.93. The molecule has 3 aliphatic rings. The number of amides is 1. The van der Waals surface area contributed by atoms with Crippen molar-refractivity contribution >= 4 is 5.91 Å². The van der Waals surface area contributed by atoms with Gasteiger partial charge in [-0.15, -0.1) is 0 Å². The van der Waals surface area contributed by atoms with Crippen molar-refractivity contribution in [1.29, 1.82) is 0 Å². The molecule has 2 aliphatic heterocycles. The fourth-order valence-electron chi connectivity index (χ4n) is 2.74. The summed E-state index contributed by atoms with van der Waals surface area (Å²) in [6.45, 7) is 3.24. The Morgan fingerprint density at radius 3 is 2.73 bits per heavy atom. The van der Waals surface area contributed by atoms with Crippen molar-refractivity contribution in [1.82, 2.24) is 15.3 Å². The summed E-state index contributed by atoms with van der Waals surface area (Å²) in [5, 5.41) is 7.82. The zero-order valence-corrected chi connectivity index (χ0v) is 9.11. The Labute approximate surface area is 90.6 Å². The number of nitrogens with zero attached hydrogens (tertiary/aromatic N) is 2. The number of hydrazine groups is 1. The molecule has 4 nitrogen and oxygen atoms in total. The van der Waals surface area contributed by atoms with E-state index in [4.69, 9.17) is 0 Å². The largest absolute Gasteiger partial charge is 0.315 e. The summed E-state index contributed by atoms with van der Waals surface area (Å²) in [4.78, 5) is 11.9. The maximum Gasteiger partial charge on any atom is 0.237 e. The highest BCUT2D eigenvalue weighted by Crippen LogP contribution is 2.32. The molecule has 15 heavy (non-hydrogen) atoms. The van der Waals surface area contributed by atoms with Gasteiger partial charge in [0.25, 0.3) is 0 Å². The van der Waals surface area contributed by atoms with Crippen molar-refractivity contribution < 1.29 is 4.79 Å². The molecule has 0 bridgehead atoms. The normalized spacial score (nSPS) is 33.7. The highest BCUT2D eigenvalue weighted by Gasteiger charge is 2.41. The van der Waals surface area contributed by atoms with Crippen LogP contribution in [0, 0.1) is 0 Å². The van der Waals surface area contributed by atoms with Crippen LogP contribution in [-0.4, -0.2) is 47.6 Å². The lowest BCUT2D eigenvalue weighted by atomic mass is 10.1. The van der Waals surface area contributed by atoms with Crippen molar-refractivity contribution in [3.63, 3.8) is 0 Å². The molecule has 1 aliphatic carbocycles. The van der Waals surface area contributed by atoms with Crippen molar-refractivity contribution in [3.8, 4) is 0 Å². The standard InChI is InChI=1S/C11H19N3O/c15-11-2-1-7-13(10-5-6-12-8-10)14(11)9-3-4-9/h9-10,12H,1-8H2. The van der Waals surface area contributed by atoms with E-state index in [1.54, 1.807) is 0 Å². The molecule has 0 radical (unpaired) electrons. The minimum Gasteiger partial charge on any atom is -0.315 e. The lowest BCUT2D eigenvalue weighted by Crippen LogP contribution is -2.56. The van der Waals surface area contributed by atoms with Gasteiger partial charge in [-0.3, -0.25) is 9.80 Å². The summed E-state index contributed by atoms with van der Waals surface area (Å²) in [5.41, 5.74) is 0. The molecule has 2 heterocycles. The molecule has 3 fully saturated rings. The highest BCUT2D eigenvalue weighted by atomic mass is 16.2. The van der Waals surface area contributed by atoms with E-state index < -0.39 is 0 Å². The second kappa shape index (κ2) is 3.76. The van der Waals surface area contributed by atoms with Crippen molar-refractivity contribution in [2.24, 2.45) is 0 Å². The predicted octanol–water partition coefficient (Wildman–Crippen LogP) is 0.350. The Bertz CT molecular complexity index is 259. The number of nitrogens with one attached hydrogen (secondary N) is 1. The number of hydrogen-bond acceptors (Lipinski definition) is 3. The molecule has 4 heteroatoms. The summed E-state index contributed by atoms with van der Waals surface area (Å²) < 4.78 is 0. The van der Waals surface area contributed by atoms with E-state index in [9.17, 15) is 4.79 Å². The van der Waals surface area contributed by atoms with Crippen LogP contribution < -0.4 is 5.32 Å². The zero-order valence-electron chi connectivity index (χ0n) is 9.11. The fraction of sp³-hybridized carbons (Fsp3) is 0.909. The van der Waals surface area contributed by atoms with E-state index in [-0.39, 0.29) is 0 Å². The molecule has 2 saturated heterocycles. The number of carbonyl (C=O) groups is 1. The summed E-state index contributed by atoms with van der Waals surface area (Å²) in [6.07, 6.45) is 5.41. The van der Waals surface area contributed by atoms with Crippen molar-refractivity contribution in [2.45, 2.75) is 44.2 Å². The Morgan fingerprint density at radius 1 is 1.20 bits per heavy atom. The average molecular weight is 209 g/mol. The van der Waals surface area contributed by atoms with Crippen LogP contribution in [0.3, 0.4) is 0 Å². The summed E-state index contributed by atoms with van der Waals surface area (Å²) in [5.74, 6) is 0.357. The first-order chi connectivity index (χ1) is 7.36. The first-order valence-corrected chi connectivity index (χ1v) is 6.15. The van der Waals surface area contributed by atoms with Crippen LogP contribution in [0.15, 0.2) is 0 Å². The molecular formula is C11H19N3O. The second-order valence-corrected chi connectivity index (χ2v) is 4.88. The van der Waals surface area contributed by atoms with Crippen LogP contribution >= 0.6 is 0 Å². The lowest BCUT2D eigenvalue weighted by Gasteiger charge is -2.42. The third-order valence-electron chi connectivity index (χ3n) is 3.66. The Morgan fingerprint density at radius 2 is 2.07 bits per heavy atom. The van der Waals surface area contributed by atoms with E-state index in [1.807, 2.05) is 0 Å². The highest BCUT2D eigenvalue weighted by molar-refractivity contribution is 5.77. The van der Waals surface area contributed by atoms with Gasteiger partial charge in [-0.1, -0.05) is 0 Å². The number of carbonyl (C=O) groups excluding carboxylic acids is 1. The SMILES string of the molecule is O=C1CCCN(C2CCNC2)N1C1CC1.